The molecule has 0 aliphatic heterocycles. The molecule has 1 unspecified atom stereocenters. The van der Waals surface area contributed by atoms with Crippen molar-refractivity contribution >= 4 is 15.9 Å². The molecule has 17 heavy (non-hydrogen) atoms. The second-order valence-corrected chi connectivity index (χ2v) is 5.27. The van der Waals surface area contributed by atoms with Crippen molar-refractivity contribution in [1.82, 2.24) is 10.3 Å². The Kier molecular flexibility index (Phi) is 6.47. The van der Waals surface area contributed by atoms with E-state index in [4.69, 9.17) is 4.74 Å². The van der Waals surface area contributed by atoms with Gasteiger partial charge in [0.05, 0.1) is 6.20 Å². The van der Waals surface area contributed by atoms with Crippen LogP contribution in [0.15, 0.2) is 22.9 Å². The van der Waals surface area contributed by atoms with Crippen molar-refractivity contribution in [2.75, 3.05) is 19.7 Å². The van der Waals surface area contributed by atoms with E-state index in [0.717, 1.165) is 11.0 Å². The summed E-state index contributed by atoms with van der Waals surface area (Å²) >= 11 is 3.31. The van der Waals surface area contributed by atoms with Crippen molar-refractivity contribution < 1.29 is 9.84 Å². The van der Waals surface area contributed by atoms with Crippen molar-refractivity contribution in [3.05, 3.63) is 22.9 Å². The average molecular weight is 303 g/mol. The fourth-order valence-electron chi connectivity index (χ4n) is 1.26. The number of aliphatic hydroxyl groups excluding tert-OH is 1. The molecular weight excluding hydrogens is 284 g/mol. The molecular formula is C12H19BrN2O2. The number of pyridine rings is 1. The number of halogens is 1. The SMILES string of the molecule is CC(C)CNCC(O)COc1cncc(Br)c1. The molecule has 0 aliphatic rings. The second-order valence-electron chi connectivity index (χ2n) is 4.36. The Hall–Kier alpha value is -0.650. The summed E-state index contributed by atoms with van der Waals surface area (Å²) in [6.07, 6.45) is 2.81. The Labute approximate surface area is 111 Å². The zero-order valence-electron chi connectivity index (χ0n) is 10.2. The summed E-state index contributed by atoms with van der Waals surface area (Å²) in [4.78, 5) is 3.98. The van der Waals surface area contributed by atoms with Gasteiger partial charge in [0, 0.05) is 17.2 Å². The summed E-state index contributed by atoms with van der Waals surface area (Å²) in [5.74, 6) is 1.24. The maximum Gasteiger partial charge on any atom is 0.138 e. The number of hydrogen-bond donors (Lipinski definition) is 2. The first-order chi connectivity index (χ1) is 8.08. The summed E-state index contributed by atoms with van der Waals surface area (Å²) in [7, 11) is 0. The van der Waals surface area contributed by atoms with Gasteiger partial charge in [-0.3, -0.25) is 4.98 Å². The van der Waals surface area contributed by atoms with Crippen LogP contribution in [0.5, 0.6) is 5.75 Å². The number of ether oxygens (including phenoxy) is 1. The molecule has 1 aromatic rings. The third-order valence-corrected chi connectivity index (χ3v) is 2.49. The molecule has 0 spiro atoms. The Balaban J connectivity index is 2.21. The summed E-state index contributed by atoms with van der Waals surface area (Å²) < 4.78 is 6.29. The van der Waals surface area contributed by atoms with E-state index in [9.17, 15) is 5.11 Å². The first-order valence-corrected chi connectivity index (χ1v) is 6.49. The topological polar surface area (TPSA) is 54.4 Å². The van der Waals surface area contributed by atoms with E-state index >= 15 is 0 Å². The van der Waals surface area contributed by atoms with Crippen LogP contribution >= 0.6 is 15.9 Å². The number of nitrogens with zero attached hydrogens (tertiary/aromatic N) is 1. The van der Waals surface area contributed by atoms with Gasteiger partial charge in [0.1, 0.15) is 18.5 Å². The summed E-state index contributed by atoms with van der Waals surface area (Å²) in [5.41, 5.74) is 0. The molecule has 0 aromatic carbocycles. The number of aliphatic hydroxyl groups is 1. The minimum Gasteiger partial charge on any atom is -0.489 e. The number of aromatic nitrogens is 1. The highest BCUT2D eigenvalue weighted by atomic mass is 79.9. The molecule has 0 saturated heterocycles. The Morgan fingerprint density at radius 3 is 2.82 bits per heavy atom. The van der Waals surface area contributed by atoms with Crippen LogP contribution in [0.4, 0.5) is 0 Å². The lowest BCUT2D eigenvalue weighted by Crippen LogP contribution is -2.33. The van der Waals surface area contributed by atoms with Gasteiger partial charge in [0.2, 0.25) is 0 Å². The molecule has 1 rings (SSSR count). The van der Waals surface area contributed by atoms with Gasteiger partial charge >= 0.3 is 0 Å². The second kappa shape index (κ2) is 7.63. The molecule has 2 N–H and O–H groups in total. The smallest absolute Gasteiger partial charge is 0.138 e. The molecule has 0 fully saturated rings. The molecule has 0 radical (unpaired) electrons. The van der Waals surface area contributed by atoms with Gasteiger partial charge in [0.15, 0.2) is 0 Å². The minimum atomic E-state index is -0.507. The first kappa shape index (κ1) is 14.4. The van der Waals surface area contributed by atoms with E-state index in [2.05, 4.69) is 40.1 Å². The molecule has 1 heterocycles. The molecule has 4 nitrogen and oxygen atoms in total. The van der Waals surface area contributed by atoms with Crippen molar-refractivity contribution in [3.63, 3.8) is 0 Å². The third-order valence-electron chi connectivity index (χ3n) is 2.05. The first-order valence-electron chi connectivity index (χ1n) is 5.70. The number of rotatable bonds is 7. The predicted molar refractivity (Wildman–Crippen MR) is 71.1 cm³/mol. The normalized spacial score (nSPS) is 12.8. The Bertz CT molecular complexity index is 334. The lowest BCUT2D eigenvalue weighted by molar-refractivity contribution is 0.105. The largest absolute Gasteiger partial charge is 0.489 e. The quantitative estimate of drug-likeness (QED) is 0.807. The van der Waals surface area contributed by atoms with E-state index in [1.54, 1.807) is 12.4 Å². The Morgan fingerprint density at radius 2 is 2.18 bits per heavy atom. The van der Waals surface area contributed by atoms with Gasteiger partial charge in [-0.25, -0.2) is 0 Å². The summed E-state index contributed by atoms with van der Waals surface area (Å²) in [6, 6.07) is 1.82. The Morgan fingerprint density at radius 1 is 1.41 bits per heavy atom. The van der Waals surface area contributed by atoms with Crippen LogP contribution in [-0.2, 0) is 0 Å². The minimum absolute atomic E-state index is 0.267. The molecule has 5 heteroatoms. The molecule has 0 aliphatic carbocycles. The van der Waals surface area contributed by atoms with Gasteiger partial charge in [-0.2, -0.15) is 0 Å². The summed E-state index contributed by atoms with van der Waals surface area (Å²) in [5, 5.41) is 12.9. The standard InChI is InChI=1S/C12H19BrN2O2/c1-9(2)4-14-6-11(16)8-17-12-3-10(13)5-15-7-12/h3,5,7,9,11,14,16H,4,6,8H2,1-2H3. The molecule has 1 aromatic heterocycles. The number of nitrogens with one attached hydrogen (secondary N) is 1. The maximum atomic E-state index is 9.67. The van der Waals surface area contributed by atoms with Crippen molar-refractivity contribution in [3.8, 4) is 5.75 Å². The van der Waals surface area contributed by atoms with Gasteiger partial charge in [-0.15, -0.1) is 0 Å². The lowest BCUT2D eigenvalue weighted by Gasteiger charge is -2.14. The summed E-state index contributed by atoms with van der Waals surface area (Å²) in [6.45, 7) is 5.96. The third kappa shape index (κ3) is 6.61. The van der Waals surface area contributed by atoms with E-state index < -0.39 is 6.10 Å². The highest BCUT2D eigenvalue weighted by molar-refractivity contribution is 9.10. The van der Waals surface area contributed by atoms with Crippen LogP contribution in [0.1, 0.15) is 13.8 Å². The van der Waals surface area contributed by atoms with Gasteiger partial charge < -0.3 is 15.2 Å². The number of hydrogen-bond acceptors (Lipinski definition) is 4. The van der Waals surface area contributed by atoms with Gasteiger partial charge in [-0.1, -0.05) is 13.8 Å². The zero-order valence-corrected chi connectivity index (χ0v) is 11.8. The van der Waals surface area contributed by atoms with Crippen LogP contribution in [0.3, 0.4) is 0 Å². The van der Waals surface area contributed by atoms with E-state index in [1.165, 1.54) is 0 Å². The van der Waals surface area contributed by atoms with Gasteiger partial charge in [-0.05, 0) is 34.5 Å². The molecule has 96 valence electrons. The fraction of sp³-hybridized carbons (Fsp3) is 0.583. The fourth-order valence-corrected chi connectivity index (χ4v) is 1.61. The van der Waals surface area contributed by atoms with E-state index in [-0.39, 0.29) is 6.61 Å². The van der Waals surface area contributed by atoms with E-state index in [1.807, 2.05) is 6.07 Å². The predicted octanol–water partition coefficient (Wildman–Crippen LogP) is 1.83. The monoisotopic (exact) mass is 302 g/mol. The van der Waals surface area contributed by atoms with E-state index in [0.29, 0.717) is 18.2 Å². The van der Waals surface area contributed by atoms with Gasteiger partial charge in [0.25, 0.3) is 0 Å². The lowest BCUT2D eigenvalue weighted by atomic mass is 10.2. The highest BCUT2D eigenvalue weighted by Gasteiger charge is 2.05. The van der Waals surface area contributed by atoms with Crippen LogP contribution in [0, 0.1) is 5.92 Å². The molecule has 1 atom stereocenters. The molecule has 0 amide bonds. The van der Waals surface area contributed by atoms with Crippen LogP contribution < -0.4 is 10.1 Å². The molecule has 0 saturated carbocycles. The van der Waals surface area contributed by atoms with Crippen molar-refractivity contribution in [2.45, 2.75) is 20.0 Å². The highest BCUT2D eigenvalue weighted by Crippen LogP contribution is 2.15. The zero-order chi connectivity index (χ0) is 12.7. The maximum absolute atomic E-state index is 9.67. The van der Waals surface area contributed by atoms with Crippen LogP contribution in [0.25, 0.3) is 0 Å². The average Bonchev–Trinajstić information content (AvgIpc) is 2.26. The van der Waals surface area contributed by atoms with Crippen molar-refractivity contribution in [1.29, 1.82) is 0 Å². The van der Waals surface area contributed by atoms with Crippen LogP contribution in [-0.4, -0.2) is 35.9 Å². The molecule has 0 bridgehead atoms. The van der Waals surface area contributed by atoms with Crippen LogP contribution in [0.2, 0.25) is 0 Å². The van der Waals surface area contributed by atoms with Crippen molar-refractivity contribution in [2.24, 2.45) is 5.92 Å².